The molecule has 2 unspecified atom stereocenters. The minimum atomic E-state index is -0.756. The van der Waals surface area contributed by atoms with E-state index >= 15 is 0 Å². The van der Waals surface area contributed by atoms with Gasteiger partial charge in [0.1, 0.15) is 5.92 Å². The molecule has 0 aliphatic carbocycles. The minimum absolute atomic E-state index is 0.0646. The maximum Gasteiger partial charge on any atom is 0.154 e. The summed E-state index contributed by atoms with van der Waals surface area (Å²) in [5.74, 6) is -0.532. The van der Waals surface area contributed by atoms with Gasteiger partial charge in [-0.2, -0.15) is 5.26 Å². The molecule has 0 spiro atoms. The highest BCUT2D eigenvalue weighted by atomic mass is 35.5. The number of rotatable bonds is 5. The number of hydrogen-bond acceptors (Lipinski definition) is 2. The van der Waals surface area contributed by atoms with Crippen LogP contribution in [0.5, 0.6) is 0 Å². The van der Waals surface area contributed by atoms with E-state index in [1.165, 1.54) is 0 Å². The van der Waals surface area contributed by atoms with Crippen molar-refractivity contribution in [3.63, 3.8) is 0 Å². The second kappa shape index (κ2) is 6.78. The monoisotopic (exact) mass is 283 g/mol. The first-order valence-electron chi connectivity index (χ1n) is 5.86. The first-order valence-corrected chi connectivity index (χ1v) is 6.62. The summed E-state index contributed by atoms with van der Waals surface area (Å²) in [6.07, 6.45) is 1.33. The average molecular weight is 284 g/mol. The lowest BCUT2D eigenvalue weighted by Crippen LogP contribution is -2.14. The summed E-state index contributed by atoms with van der Waals surface area (Å²) in [6.45, 7) is 4.03. The number of ketones is 1. The Morgan fingerprint density at radius 1 is 1.39 bits per heavy atom. The van der Waals surface area contributed by atoms with Crippen LogP contribution in [0.3, 0.4) is 0 Å². The molecule has 0 saturated carbocycles. The molecule has 1 aromatic rings. The summed E-state index contributed by atoms with van der Waals surface area (Å²) < 4.78 is 0. The molecular formula is C14H15Cl2NO. The summed E-state index contributed by atoms with van der Waals surface area (Å²) in [6, 6.07) is 6.92. The quantitative estimate of drug-likeness (QED) is 0.792. The lowest BCUT2D eigenvalue weighted by atomic mass is 9.90. The average Bonchev–Trinajstić information content (AvgIpc) is 2.34. The van der Waals surface area contributed by atoms with E-state index in [1.807, 2.05) is 19.9 Å². The standard InChI is InChI=1S/C14H15Cl2NO/c1-3-9(2)6-14(18)11(8-17)10-4-5-12(15)13(16)7-10/h4-5,7,9,11H,3,6H2,1-2H3. The van der Waals surface area contributed by atoms with E-state index in [0.717, 1.165) is 6.42 Å². The SMILES string of the molecule is CCC(C)CC(=O)C(C#N)c1ccc(Cl)c(Cl)c1. The number of benzene rings is 1. The van der Waals surface area contributed by atoms with Crippen molar-refractivity contribution < 1.29 is 4.79 Å². The van der Waals surface area contributed by atoms with Crippen LogP contribution in [-0.4, -0.2) is 5.78 Å². The normalized spacial score (nSPS) is 13.7. The number of carbonyl (C=O) groups is 1. The van der Waals surface area contributed by atoms with E-state index in [0.29, 0.717) is 22.0 Å². The zero-order valence-corrected chi connectivity index (χ0v) is 11.9. The topological polar surface area (TPSA) is 40.9 Å². The summed E-state index contributed by atoms with van der Waals surface area (Å²) in [5.41, 5.74) is 0.611. The van der Waals surface area contributed by atoms with Crippen molar-refractivity contribution in [2.75, 3.05) is 0 Å². The predicted octanol–water partition coefficient (Wildman–Crippen LogP) is 4.61. The third kappa shape index (κ3) is 3.73. The fourth-order valence-corrected chi connectivity index (χ4v) is 1.94. The Bertz CT molecular complexity index is 479. The summed E-state index contributed by atoms with van der Waals surface area (Å²) in [5, 5.41) is 9.94. The molecule has 0 N–H and O–H groups in total. The summed E-state index contributed by atoms with van der Waals surface area (Å²) >= 11 is 11.7. The molecule has 0 bridgehead atoms. The van der Waals surface area contributed by atoms with Crippen LogP contribution in [0.2, 0.25) is 10.0 Å². The van der Waals surface area contributed by atoms with E-state index in [-0.39, 0.29) is 11.7 Å². The Hall–Kier alpha value is -1.04. The number of nitriles is 1. The van der Waals surface area contributed by atoms with Crippen molar-refractivity contribution >= 4 is 29.0 Å². The molecule has 0 fully saturated rings. The number of nitrogens with zero attached hydrogens (tertiary/aromatic N) is 1. The lowest BCUT2D eigenvalue weighted by molar-refractivity contribution is -0.120. The zero-order valence-electron chi connectivity index (χ0n) is 10.4. The van der Waals surface area contributed by atoms with Crippen LogP contribution in [0.1, 0.15) is 38.2 Å². The third-order valence-electron chi connectivity index (χ3n) is 2.97. The van der Waals surface area contributed by atoms with Crippen LogP contribution in [0, 0.1) is 17.2 Å². The van der Waals surface area contributed by atoms with E-state index in [2.05, 4.69) is 0 Å². The first kappa shape index (κ1) is 15.0. The van der Waals surface area contributed by atoms with Crippen molar-refractivity contribution in [2.24, 2.45) is 5.92 Å². The maximum absolute atomic E-state index is 12.0. The van der Waals surface area contributed by atoms with Crippen molar-refractivity contribution in [3.8, 4) is 6.07 Å². The number of hydrogen-bond donors (Lipinski definition) is 0. The Morgan fingerprint density at radius 3 is 2.56 bits per heavy atom. The van der Waals surface area contributed by atoms with Gasteiger partial charge in [0.25, 0.3) is 0 Å². The van der Waals surface area contributed by atoms with Gasteiger partial charge in [-0.1, -0.05) is 49.5 Å². The highest BCUT2D eigenvalue weighted by Crippen LogP contribution is 2.28. The van der Waals surface area contributed by atoms with Gasteiger partial charge in [-0.05, 0) is 23.6 Å². The smallest absolute Gasteiger partial charge is 0.154 e. The van der Waals surface area contributed by atoms with Crippen molar-refractivity contribution in [1.82, 2.24) is 0 Å². The highest BCUT2D eigenvalue weighted by Gasteiger charge is 2.22. The van der Waals surface area contributed by atoms with Gasteiger partial charge in [0, 0.05) is 6.42 Å². The van der Waals surface area contributed by atoms with E-state index < -0.39 is 5.92 Å². The van der Waals surface area contributed by atoms with Gasteiger partial charge in [-0.15, -0.1) is 0 Å². The van der Waals surface area contributed by atoms with Crippen LogP contribution >= 0.6 is 23.2 Å². The highest BCUT2D eigenvalue weighted by molar-refractivity contribution is 6.42. The van der Waals surface area contributed by atoms with Crippen LogP contribution < -0.4 is 0 Å². The van der Waals surface area contributed by atoms with Crippen molar-refractivity contribution in [2.45, 2.75) is 32.6 Å². The minimum Gasteiger partial charge on any atom is -0.298 e. The van der Waals surface area contributed by atoms with Gasteiger partial charge in [-0.3, -0.25) is 4.79 Å². The second-order valence-electron chi connectivity index (χ2n) is 4.42. The van der Waals surface area contributed by atoms with Gasteiger partial charge in [0.15, 0.2) is 5.78 Å². The molecule has 0 aliphatic heterocycles. The molecule has 0 radical (unpaired) electrons. The van der Waals surface area contributed by atoms with Gasteiger partial charge in [0.2, 0.25) is 0 Å². The molecule has 18 heavy (non-hydrogen) atoms. The second-order valence-corrected chi connectivity index (χ2v) is 5.23. The van der Waals surface area contributed by atoms with E-state index in [1.54, 1.807) is 18.2 Å². The molecule has 4 heteroatoms. The molecule has 96 valence electrons. The lowest BCUT2D eigenvalue weighted by Gasteiger charge is -2.12. The van der Waals surface area contributed by atoms with Gasteiger partial charge >= 0.3 is 0 Å². The van der Waals surface area contributed by atoms with E-state index in [9.17, 15) is 4.79 Å². The number of halogens is 2. The largest absolute Gasteiger partial charge is 0.298 e. The third-order valence-corrected chi connectivity index (χ3v) is 3.71. The molecule has 0 heterocycles. The van der Waals surface area contributed by atoms with E-state index in [4.69, 9.17) is 28.5 Å². The first-order chi connectivity index (χ1) is 8.49. The zero-order chi connectivity index (χ0) is 13.7. The molecule has 2 nitrogen and oxygen atoms in total. The van der Waals surface area contributed by atoms with Crippen LogP contribution in [0.25, 0.3) is 0 Å². The van der Waals surface area contributed by atoms with Crippen LogP contribution in [0.15, 0.2) is 18.2 Å². The molecular weight excluding hydrogens is 269 g/mol. The Morgan fingerprint density at radius 2 is 2.06 bits per heavy atom. The van der Waals surface area contributed by atoms with Gasteiger partial charge in [-0.25, -0.2) is 0 Å². The van der Waals surface area contributed by atoms with Crippen LogP contribution in [0.4, 0.5) is 0 Å². The molecule has 1 aromatic carbocycles. The Labute approximate surface area is 118 Å². The van der Waals surface area contributed by atoms with Crippen molar-refractivity contribution in [3.05, 3.63) is 33.8 Å². The van der Waals surface area contributed by atoms with Gasteiger partial charge < -0.3 is 0 Å². The molecule has 0 amide bonds. The summed E-state index contributed by atoms with van der Waals surface area (Å²) in [7, 11) is 0. The molecule has 2 atom stereocenters. The van der Waals surface area contributed by atoms with Crippen molar-refractivity contribution in [1.29, 1.82) is 5.26 Å². The number of Topliss-reactive ketones (excluding diaryl/α,β-unsaturated/α-hetero) is 1. The Kier molecular flexibility index (Phi) is 5.65. The van der Waals surface area contributed by atoms with Crippen LogP contribution in [-0.2, 0) is 4.79 Å². The fourth-order valence-electron chi connectivity index (χ4n) is 1.63. The molecule has 0 aromatic heterocycles. The molecule has 0 saturated heterocycles. The fraction of sp³-hybridized carbons (Fsp3) is 0.429. The Balaban J connectivity index is 2.93. The predicted molar refractivity (Wildman–Crippen MR) is 73.9 cm³/mol. The molecule has 1 rings (SSSR count). The van der Waals surface area contributed by atoms with Gasteiger partial charge in [0.05, 0.1) is 16.1 Å². The summed E-state index contributed by atoms with van der Waals surface area (Å²) in [4.78, 5) is 12.0. The molecule has 0 aliphatic rings. The number of carbonyl (C=O) groups excluding carboxylic acids is 1. The maximum atomic E-state index is 12.0.